The minimum atomic E-state index is -0.272. The Bertz CT molecular complexity index is 221. The average Bonchev–Trinajstić information content (AvgIpc) is 2.28. The highest BCUT2D eigenvalue weighted by Gasteiger charge is 2.04. The first-order chi connectivity index (χ1) is 7.26. The fraction of sp³-hybridized carbons (Fsp3) is 0.538. The molecule has 0 spiro atoms. The largest absolute Gasteiger partial charge is 0.397 e. The summed E-state index contributed by atoms with van der Waals surface area (Å²) in [6.07, 6.45) is 2.84. The molecule has 0 aliphatic rings. The predicted molar refractivity (Wildman–Crippen MR) is 63.7 cm³/mol. The lowest BCUT2D eigenvalue weighted by Crippen LogP contribution is -1.95. The van der Waals surface area contributed by atoms with Crippen LogP contribution in [0.25, 0.3) is 0 Å². The summed E-state index contributed by atoms with van der Waals surface area (Å²) in [4.78, 5) is 0. The van der Waals surface area contributed by atoms with Crippen molar-refractivity contribution in [1.82, 2.24) is 0 Å². The molecule has 0 aromatic heterocycles. The van der Waals surface area contributed by atoms with Crippen LogP contribution in [0.1, 0.15) is 44.8 Å². The minimum absolute atomic E-state index is 0.250. The Morgan fingerprint density at radius 1 is 1.13 bits per heavy atom. The van der Waals surface area contributed by atoms with Crippen molar-refractivity contribution in [3.63, 3.8) is 0 Å². The first kappa shape index (κ1) is 14.1. The second kappa shape index (κ2) is 9.69. The zero-order valence-corrected chi connectivity index (χ0v) is 9.69. The van der Waals surface area contributed by atoms with Gasteiger partial charge in [-0.1, -0.05) is 50.1 Å². The predicted octanol–water partition coefficient (Wildman–Crippen LogP) is 2.91. The molecule has 2 heteroatoms. The van der Waals surface area contributed by atoms with Crippen LogP contribution in [0.2, 0.25) is 0 Å². The lowest BCUT2D eigenvalue weighted by molar-refractivity contribution is 0.164. The Morgan fingerprint density at radius 2 is 1.67 bits per heavy atom. The van der Waals surface area contributed by atoms with Gasteiger partial charge in [0.15, 0.2) is 0 Å². The molecule has 1 aromatic carbocycles. The molecule has 2 N–H and O–H groups in total. The van der Waals surface area contributed by atoms with E-state index in [-0.39, 0.29) is 12.7 Å². The lowest BCUT2D eigenvalue weighted by atomic mass is 10.0. The third-order valence-electron chi connectivity index (χ3n) is 2.02. The van der Waals surface area contributed by atoms with E-state index in [1.807, 2.05) is 30.3 Å². The molecule has 2 nitrogen and oxygen atoms in total. The van der Waals surface area contributed by atoms with Crippen LogP contribution in [0.5, 0.6) is 0 Å². The summed E-state index contributed by atoms with van der Waals surface area (Å²) in [5, 5.41) is 17.2. The summed E-state index contributed by atoms with van der Waals surface area (Å²) < 4.78 is 0. The van der Waals surface area contributed by atoms with Gasteiger partial charge in [0.2, 0.25) is 0 Å². The van der Waals surface area contributed by atoms with Crippen molar-refractivity contribution in [2.75, 3.05) is 6.61 Å². The Balaban J connectivity index is 0.000000583. The molecule has 1 rings (SSSR count). The quantitative estimate of drug-likeness (QED) is 0.802. The summed E-state index contributed by atoms with van der Waals surface area (Å²) in [7, 11) is 0. The van der Waals surface area contributed by atoms with E-state index >= 15 is 0 Å². The van der Waals surface area contributed by atoms with E-state index in [0.717, 1.165) is 24.8 Å². The van der Waals surface area contributed by atoms with Crippen LogP contribution in [-0.2, 0) is 0 Å². The second-order valence-electron chi connectivity index (χ2n) is 3.38. The smallest absolute Gasteiger partial charge is 0.0790 e. The van der Waals surface area contributed by atoms with Crippen LogP contribution < -0.4 is 0 Å². The van der Waals surface area contributed by atoms with E-state index in [4.69, 9.17) is 5.11 Å². The van der Waals surface area contributed by atoms with Gasteiger partial charge in [0.05, 0.1) is 6.10 Å². The van der Waals surface area contributed by atoms with E-state index in [2.05, 4.69) is 6.92 Å². The molecule has 0 aliphatic carbocycles. The fourth-order valence-electron chi connectivity index (χ4n) is 1.24. The molecule has 1 aromatic rings. The van der Waals surface area contributed by atoms with Crippen molar-refractivity contribution < 1.29 is 10.2 Å². The number of aliphatic hydroxyl groups excluding tert-OH is 2. The molecule has 0 bridgehead atoms. The topological polar surface area (TPSA) is 40.5 Å². The van der Waals surface area contributed by atoms with E-state index in [1.165, 1.54) is 0 Å². The van der Waals surface area contributed by atoms with Gasteiger partial charge in [-0.25, -0.2) is 0 Å². The van der Waals surface area contributed by atoms with Crippen LogP contribution in [0.15, 0.2) is 30.3 Å². The molecule has 0 amide bonds. The van der Waals surface area contributed by atoms with Crippen molar-refractivity contribution in [3.05, 3.63) is 35.9 Å². The standard InChI is InChI=1S/C11H16O.C2H6O/c1-2-3-9-11(12)10-7-5-4-6-8-10;1-2-3/h4-8,11-12H,2-3,9H2,1H3;3H,2H2,1H3. The normalized spacial score (nSPS) is 11.5. The van der Waals surface area contributed by atoms with E-state index in [1.54, 1.807) is 6.92 Å². The van der Waals surface area contributed by atoms with E-state index in [9.17, 15) is 5.11 Å². The molecule has 0 saturated carbocycles. The van der Waals surface area contributed by atoms with Crippen molar-refractivity contribution >= 4 is 0 Å². The maximum absolute atomic E-state index is 9.65. The number of hydrogen-bond acceptors (Lipinski definition) is 2. The highest BCUT2D eigenvalue weighted by Crippen LogP contribution is 2.17. The summed E-state index contributed by atoms with van der Waals surface area (Å²) in [6.45, 7) is 4.07. The summed E-state index contributed by atoms with van der Waals surface area (Å²) in [6, 6.07) is 9.84. The summed E-state index contributed by atoms with van der Waals surface area (Å²) in [5.74, 6) is 0. The van der Waals surface area contributed by atoms with Crippen molar-refractivity contribution in [2.45, 2.75) is 39.2 Å². The number of unbranched alkanes of at least 4 members (excludes halogenated alkanes) is 1. The van der Waals surface area contributed by atoms with Crippen LogP contribution in [0.4, 0.5) is 0 Å². The highest BCUT2D eigenvalue weighted by molar-refractivity contribution is 5.16. The van der Waals surface area contributed by atoms with Gasteiger partial charge >= 0.3 is 0 Å². The minimum Gasteiger partial charge on any atom is -0.397 e. The maximum Gasteiger partial charge on any atom is 0.0790 e. The molecule has 86 valence electrons. The molecule has 0 fully saturated rings. The molecule has 1 atom stereocenters. The van der Waals surface area contributed by atoms with Gasteiger partial charge < -0.3 is 10.2 Å². The lowest BCUT2D eigenvalue weighted by Gasteiger charge is -2.09. The summed E-state index contributed by atoms with van der Waals surface area (Å²) >= 11 is 0. The van der Waals surface area contributed by atoms with E-state index in [0.29, 0.717) is 0 Å². The van der Waals surface area contributed by atoms with Crippen LogP contribution in [0.3, 0.4) is 0 Å². The molecule has 1 unspecified atom stereocenters. The van der Waals surface area contributed by atoms with Gasteiger partial charge in [-0.2, -0.15) is 0 Å². The van der Waals surface area contributed by atoms with Crippen molar-refractivity contribution in [3.8, 4) is 0 Å². The van der Waals surface area contributed by atoms with Crippen LogP contribution in [-0.4, -0.2) is 16.8 Å². The van der Waals surface area contributed by atoms with Crippen molar-refractivity contribution in [1.29, 1.82) is 0 Å². The van der Waals surface area contributed by atoms with Gasteiger partial charge in [-0.3, -0.25) is 0 Å². The second-order valence-corrected chi connectivity index (χ2v) is 3.38. The molecule has 0 aliphatic heterocycles. The van der Waals surface area contributed by atoms with Crippen LogP contribution in [0, 0.1) is 0 Å². The molecule has 0 radical (unpaired) electrons. The van der Waals surface area contributed by atoms with Crippen LogP contribution >= 0.6 is 0 Å². The molecular weight excluding hydrogens is 188 g/mol. The third kappa shape index (κ3) is 7.11. The first-order valence-electron chi connectivity index (χ1n) is 5.60. The Hall–Kier alpha value is -0.860. The molecular formula is C13H22O2. The highest BCUT2D eigenvalue weighted by atomic mass is 16.3. The van der Waals surface area contributed by atoms with Gasteiger partial charge in [0.25, 0.3) is 0 Å². The maximum atomic E-state index is 9.65. The zero-order chi connectivity index (χ0) is 11.5. The Labute approximate surface area is 92.6 Å². The average molecular weight is 210 g/mol. The number of rotatable bonds is 4. The van der Waals surface area contributed by atoms with Gasteiger partial charge in [0.1, 0.15) is 0 Å². The van der Waals surface area contributed by atoms with Gasteiger partial charge in [-0.15, -0.1) is 0 Å². The monoisotopic (exact) mass is 210 g/mol. The molecule has 0 heterocycles. The molecule has 0 saturated heterocycles. The van der Waals surface area contributed by atoms with Gasteiger partial charge in [0, 0.05) is 6.61 Å². The SMILES string of the molecule is CCCCC(O)c1ccccc1.CCO. The zero-order valence-electron chi connectivity index (χ0n) is 9.69. The van der Waals surface area contributed by atoms with E-state index < -0.39 is 0 Å². The fourth-order valence-corrected chi connectivity index (χ4v) is 1.24. The van der Waals surface area contributed by atoms with Crippen molar-refractivity contribution in [2.24, 2.45) is 0 Å². The first-order valence-corrected chi connectivity index (χ1v) is 5.60. The molecule has 15 heavy (non-hydrogen) atoms. The third-order valence-corrected chi connectivity index (χ3v) is 2.02. The number of aliphatic hydroxyl groups is 2. The number of hydrogen-bond donors (Lipinski definition) is 2. The number of benzene rings is 1. The Kier molecular flexibility index (Phi) is 9.13. The van der Waals surface area contributed by atoms with Gasteiger partial charge in [-0.05, 0) is 18.9 Å². The summed E-state index contributed by atoms with van der Waals surface area (Å²) in [5.41, 5.74) is 1.03. The Morgan fingerprint density at radius 3 is 2.13 bits per heavy atom.